The van der Waals surface area contributed by atoms with E-state index in [1.807, 2.05) is 0 Å². The topological polar surface area (TPSA) is 72.2 Å². The van der Waals surface area contributed by atoms with E-state index < -0.39 is 10.0 Å². The second kappa shape index (κ2) is 4.93. The lowest BCUT2D eigenvalue weighted by atomic mass is 9.83. The first-order chi connectivity index (χ1) is 6.14. The van der Waals surface area contributed by atoms with Gasteiger partial charge in [0.2, 0.25) is 10.0 Å². The standard InChI is InChI=1S/C8H18N2O2S/c9-5-7-13(11,12)10-6-4-8-2-1-3-8/h8,10H,1-7,9H2. The van der Waals surface area contributed by atoms with Crippen LogP contribution in [0.2, 0.25) is 0 Å². The quantitative estimate of drug-likeness (QED) is 0.645. The summed E-state index contributed by atoms with van der Waals surface area (Å²) >= 11 is 0. The summed E-state index contributed by atoms with van der Waals surface area (Å²) in [7, 11) is -3.09. The van der Waals surface area contributed by atoms with Gasteiger partial charge in [-0.3, -0.25) is 0 Å². The van der Waals surface area contributed by atoms with Gasteiger partial charge in [-0.15, -0.1) is 0 Å². The molecular formula is C8H18N2O2S. The minimum absolute atomic E-state index is 0.0394. The Hall–Kier alpha value is -0.130. The fourth-order valence-electron chi connectivity index (χ4n) is 1.43. The zero-order valence-corrected chi connectivity index (χ0v) is 8.65. The molecule has 1 rings (SSSR count). The molecule has 5 heteroatoms. The van der Waals surface area contributed by atoms with Crippen molar-refractivity contribution in [2.45, 2.75) is 25.7 Å². The van der Waals surface area contributed by atoms with Crippen molar-refractivity contribution in [2.75, 3.05) is 18.8 Å². The second-order valence-corrected chi connectivity index (χ2v) is 5.51. The summed E-state index contributed by atoms with van der Waals surface area (Å²) in [5.41, 5.74) is 5.16. The van der Waals surface area contributed by atoms with E-state index >= 15 is 0 Å². The molecular weight excluding hydrogens is 188 g/mol. The SMILES string of the molecule is NCCS(=O)(=O)NCCC1CCC1. The first kappa shape index (κ1) is 10.9. The molecule has 0 atom stereocenters. The van der Waals surface area contributed by atoms with Gasteiger partial charge in [-0.2, -0.15) is 0 Å². The molecule has 0 aliphatic heterocycles. The Kier molecular flexibility index (Phi) is 4.15. The Bertz CT molecular complexity index is 235. The summed E-state index contributed by atoms with van der Waals surface area (Å²) < 4.78 is 24.8. The molecule has 0 bridgehead atoms. The predicted molar refractivity (Wildman–Crippen MR) is 52.8 cm³/mol. The van der Waals surface area contributed by atoms with E-state index in [2.05, 4.69) is 4.72 Å². The number of nitrogens with one attached hydrogen (secondary N) is 1. The number of rotatable bonds is 6. The lowest BCUT2D eigenvalue weighted by Crippen LogP contribution is -2.32. The Morgan fingerprint density at radius 3 is 2.54 bits per heavy atom. The lowest BCUT2D eigenvalue weighted by molar-refractivity contribution is 0.297. The van der Waals surface area contributed by atoms with Crippen LogP contribution in [-0.4, -0.2) is 27.3 Å². The summed E-state index contributed by atoms with van der Waals surface area (Å²) in [5, 5.41) is 0. The van der Waals surface area contributed by atoms with Crippen LogP contribution in [0.25, 0.3) is 0 Å². The minimum atomic E-state index is -3.09. The van der Waals surface area contributed by atoms with Crippen molar-refractivity contribution < 1.29 is 8.42 Å². The van der Waals surface area contributed by atoms with E-state index in [1.54, 1.807) is 0 Å². The van der Waals surface area contributed by atoms with Gasteiger partial charge in [0.05, 0.1) is 5.75 Å². The van der Waals surface area contributed by atoms with Gasteiger partial charge >= 0.3 is 0 Å². The highest BCUT2D eigenvalue weighted by Gasteiger charge is 2.17. The monoisotopic (exact) mass is 206 g/mol. The molecule has 1 saturated carbocycles. The first-order valence-electron chi connectivity index (χ1n) is 4.81. The van der Waals surface area contributed by atoms with Gasteiger partial charge in [-0.1, -0.05) is 19.3 Å². The van der Waals surface area contributed by atoms with Crippen molar-refractivity contribution in [1.29, 1.82) is 0 Å². The maximum atomic E-state index is 11.1. The number of nitrogens with two attached hydrogens (primary N) is 1. The van der Waals surface area contributed by atoms with E-state index in [1.165, 1.54) is 19.3 Å². The van der Waals surface area contributed by atoms with Crippen LogP contribution in [0.3, 0.4) is 0 Å². The fourth-order valence-corrected chi connectivity index (χ4v) is 2.31. The number of hydrogen-bond acceptors (Lipinski definition) is 3. The summed E-state index contributed by atoms with van der Waals surface area (Å²) in [6.07, 6.45) is 4.81. The van der Waals surface area contributed by atoms with E-state index in [-0.39, 0.29) is 12.3 Å². The molecule has 13 heavy (non-hydrogen) atoms. The lowest BCUT2D eigenvalue weighted by Gasteiger charge is -2.25. The van der Waals surface area contributed by atoms with Crippen LogP contribution in [0.15, 0.2) is 0 Å². The maximum Gasteiger partial charge on any atom is 0.212 e. The average molecular weight is 206 g/mol. The zero-order valence-electron chi connectivity index (χ0n) is 7.83. The molecule has 1 aliphatic rings. The maximum absolute atomic E-state index is 11.1. The molecule has 3 N–H and O–H groups in total. The van der Waals surface area contributed by atoms with Gasteiger partial charge in [-0.05, 0) is 12.3 Å². The van der Waals surface area contributed by atoms with Gasteiger partial charge in [-0.25, -0.2) is 13.1 Å². The Morgan fingerprint density at radius 2 is 2.08 bits per heavy atom. The van der Waals surface area contributed by atoms with Crippen LogP contribution in [0, 0.1) is 5.92 Å². The molecule has 0 aromatic rings. The van der Waals surface area contributed by atoms with Crippen molar-refractivity contribution in [3.63, 3.8) is 0 Å². The largest absolute Gasteiger partial charge is 0.329 e. The van der Waals surface area contributed by atoms with Gasteiger partial charge in [0.1, 0.15) is 0 Å². The number of sulfonamides is 1. The number of hydrogen-bond donors (Lipinski definition) is 2. The smallest absolute Gasteiger partial charge is 0.212 e. The normalized spacial score (nSPS) is 18.5. The minimum Gasteiger partial charge on any atom is -0.329 e. The third-order valence-electron chi connectivity index (χ3n) is 2.49. The molecule has 0 unspecified atom stereocenters. The molecule has 0 aromatic carbocycles. The van der Waals surface area contributed by atoms with Crippen molar-refractivity contribution in [1.82, 2.24) is 4.72 Å². The molecule has 0 spiro atoms. The van der Waals surface area contributed by atoms with Gasteiger partial charge < -0.3 is 5.73 Å². The third-order valence-corrected chi connectivity index (χ3v) is 3.90. The van der Waals surface area contributed by atoms with Gasteiger partial charge in [0.25, 0.3) is 0 Å². The Balaban J connectivity index is 2.09. The molecule has 0 amide bonds. The van der Waals surface area contributed by atoms with E-state index in [9.17, 15) is 8.42 Å². The molecule has 0 radical (unpaired) electrons. The summed E-state index contributed by atoms with van der Waals surface area (Å²) in [6.45, 7) is 0.770. The van der Waals surface area contributed by atoms with E-state index in [4.69, 9.17) is 5.73 Å². The first-order valence-corrected chi connectivity index (χ1v) is 6.46. The highest BCUT2D eigenvalue weighted by atomic mass is 32.2. The fraction of sp³-hybridized carbons (Fsp3) is 1.00. The third kappa shape index (κ3) is 4.06. The van der Waals surface area contributed by atoms with Crippen LogP contribution in [0.4, 0.5) is 0 Å². The molecule has 1 fully saturated rings. The Morgan fingerprint density at radius 1 is 1.38 bits per heavy atom. The molecule has 0 saturated heterocycles. The summed E-state index contributed by atoms with van der Waals surface area (Å²) in [5.74, 6) is 0.790. The highest BCUT2D eigenvalue weighted by molar-refractivity contribution is 7.89. The van der Waals surface area contributed by atoms with Crippen LogP contribution in [-0.2, 0) is 10.0 Å². The van der Waals surface area contributed by atoms with Crippen molar-refractivity contribution in [2.24, 2.45) is 11.7 Å². The van der Waals surface area contributed by atoms with Crippen LogP contribution < -0.4 is 10.5 Å². The van der Waals surface area contributed by atoms with Gasteiger partial charge in [0.15, 0.2) is 0 Å². The van der Waals surface area contributed by atoms with Crippen LogP contribution in [0.5, 0.6) is 0 Å². The van der Waals surface area contributed by atoms with Crippen LogP contribution in [0.1, 0.15) is 25.7 Å². The van der Waals surface area contributed by atoms with E-state index in [0.717, 1.165) is 12.3 Å². The Labute approximate surface area is 79.9 Å². The molecule has 4 nitrogen and oxygen atoms in total. The van der Waals surface area contributed by atoms with E-state index in [0.29, 0.717) is 6.54 Å². The summed E-state index contributed by atoms with van der Waals surface area (Å²) in [4.78, 5) is 0. The van der Waals surface area contributed by atoms with Crippen molar-refractivity contribution in [3.05, 3.63) is 0 Å². The van der Waals surface area contributed by atoms with Crippen molar-refractivity contribution in [3.8, 4) is 0 Å². The van der Waals surface area contributed by atoms with Gasteiger partial charge in [0, 0.05) is 13.1 Å². The average Bonchev–Trinajstić information content (AvgIpc) is 1.94. The molecule has 78 valence electrons. The molecule has 1 aliphatic carbocycles. The van der Waals surface area contributed by atoms with Crippen LogP contribution >= 0.6 is 0 Å². The van der Waals surface area contributed by atoms with Crippen molar-refractivity contribution >= 4 is 10.0 Å². The molecule has 0 aromatic heterocycles. The zero-order chi connectivity index (χ0) is 9.73. The highest BCUT2D eigenvalue weighted by Crippen LogP contribution is 2.28. The predicted octanol–water partition coefficient (Wildman–Crippen LogP) is 0.0547. The second-order valence-electron chi connectivity index (χ2n) is 3.59. The molecule has 0 heterocycles. The summed E-state index contributed by atoms with van der Waals surface area (Å²) in [6, 6.07) is 0.